The minimum atomic E-state index is -0.343. The van der Waals surface area contributed by atoms with Crippen molar-refractivity contribution < 1.29 is 33.0 Å². The van der Waals surface area contributed by atoms with E-state index >= 15 is 0 Å². The van der Waals surface area contributed by atoms with Crippen LogP contribution in [0.15, 0.2) is 28.7 Å². The molecule has 164 valence electrons. The van der Waals surface area contributed by atoms with Crippen molar-refractivity contribution in [2.45, 2.75) is 6.92 Å². The highest BCUT2D eigenvalue weighted by Gasteiger charge is 2.24. The van der Waals surface area contributed by atoms with E-state index in [4.69, 9.17) is 23.4 Å². The van der Waals surface area contributed by atoms with Gasteiger partial charge in [-0.25, -0.2) is 0 Å². The van der Waals surface area contributed by atoms with Crippen LogP contribution in [0.25, 0.3) is 11.0 Å². The van der Waals surface area contributed by atoms with E-state index in [1.807, 2.05) is 22.6 Å². The molecule has 0 unspecified atom stereocenters. The Kier molecular flexibility index (Phi) is 6.94. The minimum Gasteiger partial charge on any atom is -0.494 e. The van der Waals surface area contributed by atoms with Gasteiger partial charge in [-0.1, -0.05) is 22.6 Å². The summed E-state index contributed by atoms with van der Waals surface area (Å²) in [5, 5.41) is 3.49. The summed E-state index contributed by atoms with van der Waals surface area (Å²) in [7, 11) is 5.96. The lowest BCUT2D eigenvalue weighted by atomic mass is 10.0. The third-order valence-electron chi connectivity index (χ3n) is 4.79. The summed E-state index contributed by atoms with van der Waals surface area (Å²) in [6.45, 7) is 1.79. The number of furan rings is 1. The molecule has 1 aromatic heterocycles. The van der Waals surface area contributed by atoms with E-state index in [1.54, 1.807) is 31.2 Å². The van der Waals surface area contributed by atoms with E-state index in [0.29, 0.717) is 55.2 Å². The number of benzene rings is 2. The lowest BCUT2D eigenvalue weighted by Gasteiger charge is -2.13. The quantitative estimate of drug-likeness (QED) is 0.258. The van der Waals surface area contributed by atoms with Crippen LogP contribution in [-0.4, -0.2) is 44.6 Å². The molecule has 3 rings (SSSR count). The number of ketones is 1. The number of ether oxygens (including phenoxy) is 4. The van der Waals surface area contributed by atoms with E-state index < -0.39 is 0 Å². The number of halogens is 1. The average molecular weight is 539 g/mol. The van der Waals surface area contributed by atoms with Crippen LogP contribution in [0.2, 0.25) is 0 Å². The van der Waals surface area contributed by atoms with Crippen molar-refractivity contribution >= 4 is 50.9 Å². The van der Waals surface area contributed by atoms with Crippen molar-refractivity contribution in [2.75, 3.05) is 38.2 Å². The van der Waals surface area contributed by atoms with Crippen LogP contribution in [0.5, 0.6) is 23.0 Å². The molecule has 1 amide bonds. The zero-order chi connectivity index (χ0) is 22.7. The Balaban J connectivity index is 2.12. The number of fused-ring (bicyclic) bond motifs is 1. The summed E-state index contributed by atoms with van der Waals surface area (Å²) in [6, 6.07) is 6.53. The van der Waals surface area contributed by atoms with E-state index in [1.165, 1.54) is 28.4 Å². The zero-order valence-corrected chi connectivity index (χ0v) is 19.9. The first-order valence-corrected chi connectivity index (χ1v) is 10.7. The van der Waals surface area contributed by atoms with Gasteiger partial charge in [-0.2, -0.15) is 0 Å². The number of hydrogen-bond acceptors (Lipinski definition) is 7. The number of rotatable bonds is 8. The SMILES string of the molecule is COc1cc2oc(C(=O)c3cc(OC)c(OC)c(OC)c3)c(C)c2cc1NC(=O)CI. The summed E-state index contributed by atoms with van der Waals surface area (Å²) < 4.78 is 27.6. The average Bonchev–Trinajstić information content (AvgIpc) is 3.11. The molecule has 8 nitrogen and oxygen atoms in total. The predicted molar refractivity (Wildman–Crippen MR) is 125 cm³/mol. The Morgan fingerprint density at radius 1 is 0.935 bits per heavy atom. The number of nitrogens with one attached hydrogen (secondary N) is 1. The van der Waals surface area contributed by atoms with Gasteiger partial charge in [0.05, 0.1) is 38.6 Å². The summed E-state index contributed by atoms with van der Waals surface area (Å²) in [4.78, 5) is 25.1. The maximum absolute atomic E-state index is 13.3. The standard InChI is InChI=1S/C22H22INO7/c1-11-13-8-14(24-19(25)10-23)16(27-2)9-15(13)31-21(11)20(26)12-6-17(28-3)22(30-5)18(7-12)29-4/h6-9H,10H2,1-5H3,(H,24,25). The third kappa shape index (κ3) is 4.27. The van der Waals surface area contributed by atoms with Gasteiger partial charge in [0.2, 0.25) is 17.4 Å². The lowest BCUT2D eigenvalue weighted by Crippen LogP contribution is -2.12. The normalized spacial score (nSPS) is 10.6. The molecule has 1 heterocycles. The molecule has 0 saturated heterocycles. The van der Waals surface area contributed by atoms with E-state index in [9.17, 15) is 9.59 Å². The van der Waals surface area contributed by atoms with Crippen molar-refractivity contribution in [1.29, 1.82) is 0 Å². The highest BCUT2D eigenvalue weighted by atomic mass is 127. The maximum Gasteiger partial charge on any atom is 0.234 e. The third-order valence-corrected chi connectivity index (χ3v) is 5.48. The van der Waals surface area contributed by atoms with Gasteiger partial charge in [0.15, 0.2) is 17.3 Å². The molecule has 9 heteroatoms. The molecular formula is C22H22INO7. The molecule has 0 saturated carbocycles. The number of carbonyl (C=O) groups excluding carboxylic acids is 2. The summed E-state index contributed by atoms with van der Waals surface area (Å²) in [5.41, 5.74) is 1.94. The largest absolute Gasteiger partial charge is 0.494 e. The van der Waals surface area contributed by atoms with Crippen LogP contribution >= 0.6 is 22.6 Å². The summed E-state index contributed by atoms with van der Waals surface area (Å²) in [6.07, 6.45) is 0. The number of amides is 1. The Labute approximate surface area is 192 Å². The topological polar surface area (TPSA) is 96.2 Å². The molecule has 0 aliphatic rings. The molecule has 0 fully saturated rings. The molecule has 31 heavy (non-hydrogen) atoms. The Morgan fingerprint density at radius 2 is 1.55 bits per heavy atom. The molecule has 3 aromatic rings. The first-order chi connectivity index (χ1) is 14.9. The molecule has 0 spiro atoms. The van der Waals surface area contributed by atoms with Crippen LogP contribution in [-0.2, 0) is 4.79 Å². The van der Waals surface area contributed by atoms with Crippen molar-refractivity contribution in [3.8, 4) is 23.0 Å². The van der Waals surface area contributed by atoms with Crippen molar-refractivity contribution in [3.05, 3.63) is 41.2 Å². The Morgan fingerprint density at radius 3 is 2.06 bits per heavy atom. The van der Waals surface area contributed by atoms with Gasteiger partial charge in [0.1, 0.15) is 11.3 Å². The van der Waals surface area contributed by atoms with Crippen LogP contribution in [0.1, 0.15) is 21.7 Å². The summed E-state index contributed by atoms with van der Waals surface area (Å²) in [5.74, 6) is 1.23. The first kappa shape index (κ1) is 22.7. The van der Waals surface area contributed by atoms with Crippen LogP contribution in [0.4, 0.5) is 5.69 Å². The van der Waals surface area contributed by atoms with Gasteiger partial charge in [0.25, 0.3) is 0 Å². The highest BCUT2D eigenvalue weighted by Crippen LogP contribution is 2.40. The van der Waals surface area contributed by atoms with Gasteiger partial charge in [0, 0.05) is 22.6 Å². The molecule has 0 aliphatic carbocycles. The molecule has 1 N–H and O–H groups in total. The molecule has 0 atom stereocenters. The Hall–Kier alpha value is -2.95. The number of carbonyl (C=O) groups is 2. The fourth-order valence-electron chi connectivity index (χ4n) is 3.26. The minimum absolute atomic E-state index is 0.159. The van der Waals surface area contributed by atoms with Gasteiger partial charge in [-0.3, -0.25) is 9.59 Å². The fourth-order valence-corrected chi connectivity index (χ4v) is 3.45. The maximum atomic E-state index is 13.3. The van der Waals surface area contributed by atoms with Gasteiger partial charge in [-0.05, 0) is 25.1 Å². The molecule has 0 bridgehead atoms. The molecule has 2 aromatic carbocycles. The second-order valence-corrected chi connectivity index (χ2v) is 7.29. The zero-order valence-electron chi connectivity index (χ0n) is 17.8. The van der Waals surface area contributed by atoms with Crippen LogP contribution in [0.3, 0.4) is 0 Å². The fraction of sp³-hybridized carbons (Fsp3) is 0.273. The van der Waals surface area contributed by atoms with Crippen molar-refractivity contribution in [2.24, 2.45) is 0 Å². The number of methoxy groups -OCH3 is 4. The monoisotopic (exact) mass is 539 g/mol. The molecular weight excluding hydrogens is 517 g/mol. The number of alkyl halides is 1. The van der Waals surface area contributed by atoms with Crippen LogP contribution < -0.4 is 24.3 Å². The first-order valence-electron chi connectivity index (χ1n) is 9.20. The second-order valence-electron chi connectivity index (χ2n) is 6.53. The highest BCUT2D eigenvalue weighted by molar-refractivity contribution is 14.1. The van der Waals surface area contributed by atoms with E-state index in [-0.39, 0.29) is 17.5 Å². The number of hydrogen-bond donors (Lipinski definition) is 1. The Bertz CT molecular complexity index is 1130. The second kappa shape index (κ2) is 9.46. The van der Waals surface area contributed by atoms with Gasteiger partial charge in [-0.15, -0.1) is 0 Å². The number of anilines is 1. The molecule has 0 aliphatic heterocycles. The van der Waals surface area contributed by atoms with E-state index in [0.717, 1.165) is 0 Å². The van der Waals surface area contributed by atoms with Crippen molar-refractivity contribution in [1.82, 2.24) is 0 Å². The van der Waals surface area contributed by atoms with Gasteiger partial charge < -0.3 is 28.7 Å². The van der Waals surface area contributed by atoms with Crippen LogP contribution in [0, 0.1) is 6.92 Å². The van der Waals surface area contributed by atoms with E-state index in [2.05, 4.69) is 5.32 Å². The van der Waals surface area contributed by atoms with Crippen molar-refractivity contribution in [3.63, 3.8) is 0 Å². The predicted octanol–water partition coefficient (Wildman–Crippen LogP) is 4.38. The van der Waals surface area contributed by atoms with Gasteiger partial charge >= 0.3 is 0 Å². The number of aryl methyl sites for hydroxylation is 1. The summed E-state index contributed by atoms with van der Waals surface area (Å²) >= 11 is 1.98. The molecule has 0 radical (unpaired) electrons. The lowest BCUT2D eigenvalue weighted by molar-refractivity contribution is -0.113. The smallest absolute Gasteiger partial charge is 0.234 e.